The molecule has 0 amide bonds. The Morgan fingerprint density at radius 3 is 1.26 bits per heavy atom. The Morgan fingerprint density at radius 2 is 0.924 bits per heavy atom. The van der Waals surface area contributed by atoms with E-state index < -0.39 is 72.4 Å². The Balaban J connectivity index is 0.947. The number of ether oxygens (including phenoxy) is 12. The second-order valence-electron chi connectivity index (χ2n) is 22.1. The molecule has 2 aromatic carbocycles. The third-order valence-electron chi connectivity index (χ3n) is 12.7. The van der Waals surface area contributed by atoms with Gasteiger partial charge in [0.05, 0.1) is 39.5 Å². The zero-order valence-corrected chi connectivity index (χ0v) is 41.2. The van der Waals surface area contributed by atoms with E-state index in [0.717, 1.165) is 11.1 Å². The first-order valence-electron chi connectivity index (χ1n) is 23.3. The van der Waals surface area contributed by atoms with E-state index in [1.165, 1.54) is 0 Å². The fourth-order valence-corrected chi connectivity index (χ4v) is 9.28. The van der Waals surface area contributed by atoms with E-state index in [4.69, 9.17) is 56.8 Å². The average Bonchev–Trinajstić information content (AvgIpc) is 4.03. The molecule has 0 bridgehead atoms. The van der Waals surface area contributed by atoms with Crippen LogP contribution in [0.15, 0.2) is 34.3 Å². The minimum Gasteiger partial charge on any atom is -0.507 e. The van der Waals surface area contributed by atoms with Crippen LogP contribution in [-0.4, -0.2) is 134 Å². The number of fused-ring (bicyclic) bond motifs is 2. The van der Waals surface area contributed by atoms with Gasteiger partial charge >= 0.3 is 0 Å². The van der Waals surface area contributed by atoms with Crippen LogP contribution in [0.5, 0.6) is 11.5 Å². The summed E-state index contributed by atoms with van der Waals surface area (Å²) < 4.78 is 74.6. The van der Waals surface area contributed by atoms with Crippen LogP contribution in [0.1, 0.15) is 130 Å². The molecule has 0 aromatic heterocycles. The number of benzene rings is 2. The molecule has 0 unspecified atom stereocenters. The average molecular weight is 925 g/mol. The molecule has 2 N–H and O–H groups in total. The number of phenols is 2. The minimum absolute atomic E-state index is 0.0705. The maximum Gasteiger partial charge on any atom is 0.190 e. The van der Waals surface area contributed by atoms with Crippen LogP contribution < -0.4 is 0 Å². The number of aliphatic imine (C=N–C) groups is 2. The molecule has 66 heavy (non-hydrogen) atoms. The summed E-state index contributed by atoms with van der Waals surface area (Å²) in [6, 6.07) is 7.85. The summed E-state index contributed by atoms with van der Waals surface area (Å²) in [7, 11) is 0. The number of hydrogen-bond donors (Lipinski definition) is 2. The normalized spacial score (nSPS) is 33.4. The van der Waals surface area contributed by atoms with Crippen LogP contribution in [0.2, 0.25) is 0 Å². The van der Waals surface area contributed by atoms with Gasteiger partial charge in [-0.2, -0.15) is 0 Å². The van der Waals surface area contributed by atoms with Crippen molar-refractivity contribution in [2.24, 2.45) is 9.98 Å². The van der Waals surface area contributed by atoms with Crippen molar-refractivity contribution in [1.82, 2.24) is 0 Å². The lowest BCUT2D eigenvalue weighted by atomic mass is 9.85. The van der Waals surface area contributed by atoms with Crippen LogP contribution in [0, 0.1) is 0 Å². The third kappa shape index (κ3) is 10.9. The highest BCUT2D eigenvalue weighted by molar-refractivity contribution is 5.85. The van der Waals surface area contributed by atoms with Gasteiger partial charge in [0, 0.05) is 34.7 Å². The van der Waals surface area contributed by atoms with E-state index in [1.807, 2.05) is 79.7 Å². The molecule has 0 saturated carbocycles. The van der Waals surface area contributed by atoms with Crippen molar-refractivity contribution >= 4 is 12.4 Å². The Kier molecular flexibility index (Phi) is 13.5. The van der Waals surface area contributed by atoms with Crippen molar-refractivity contribution in [3.8, 4) is 11.5 Å². The SMILES string of the molecule is CC1(C)O[C@H]2O[C@H]([C@H]3COC(C)(C)O3)[C@H](OCc3cc(C(C)(C)C)cc(C=NCCN=Cc4cc(C(C)(C)C)cc(CO[C@@H]5[C@H]6OC(C)(C)O[C@H]6O[C@@H]5[C@H]5COC(C)(C)O5)c4O)c3O)[C@H]2O1. The Morgan fingerprint density at radius 1 is 0.545 bits per heavy atom. The van der Waals surface area contributed by atoms with Gasteiger partial charge in [-0.25, -0.2) is 0 Å². The first kappa shape index (κ1) is 49.3. The second kappa shape index (κ2) is 18.0. The van der Waals surface area contributed by atoms with Crippen LogP contribution in [0.25, 0.3) is 0 Å². The lowest BCUT2D eigenvalue weighted by Gasteiger charge is -2.29. The Hall–Kier alpha value is -3.10. The van der Waals surface area contributed by atoms with Crippen molar-refractivity contribution in [2.75, 3.05) is 26.3 Å². The summed E-state index contributed by atoms with van der Waals surface area (Å²) in [5, 5.41) is 23.3. The largest absolute Gasteiger partial charge is 0.507 e. The summed E-state index contributed by atoms with van der Waals surface area (Å²) >= 11 is 0. The van der Waals surface area contributed by atoms with Gasteiger partial charge in [-0.3, -0.25) is 9.98 Å². The van der Waals surface area contributed by atoms with Crippen molar-refractivity contribution in [1.29, 1.82) is 0 Å². The molecule has 366 valence electrons. The van der Waals surface area contributed by atoms with E-state index >= 15 is 0 Å². The van der Waals surface area contributed by atoms with Crippen molar-refractivity contribution in [2.45, 2.75) is 206 Å². The summed E-state index contributed by atoms with van der Waals surface area (Å²) in [4.78, 5) is 9.33. The number of aromatic hydroxyl groups is 2. The fraction of sp³-hybridized carbons (Fsp3) is 0.720. The molecule has 6 fully saturated rings. The van der Waals surface area contributed by atoms with Crippen LogP contribution in [0.4, 0.5) is 0 Å². The lowest BCUT2D eigenvalue weighted by molar-refractivity contribution is -0.236. The molecule has 16 heteroatoms. The summed E-state index contributed by atoms with van der Waals surface area (Å²) in [6.07, 6.45) is -1.81. The molecule has 0 aliphatic carbocycles. The number of phenolic OH excluding ortho intramolecular Hbond substituents is 2. The molecule has 10 atom stereocenters. The Bertz CT molecular complexity index is 1990. The standard InChI is InChI=1S/C50H72N2O14/c1-45(2,3)31-17-27(35(53)29(19-31)23-55-39-37(33-25-57-47(7,8)61-33)59-43-41(39)63-49(11,12)65-43)21-51-15-16-52-22-28-18-32(46(4,5)6)20-30(36(28)54)24-56-40-38(34-26-58-48(9,10)62-34)60-44-42(40)64-50(13,14)66-44/h17-22,33-34,37-44,53-54H,15-16,23-26H2,1-14H3/t33-,34-,37-,38-,39+,40+,41-,42-,43-,44-/m1/s1. The zero-order chi connectivity index (χ0) is 47.8. The quantitative estimate of drug-likeness (QED) is 0.154. The van der Waals surface area contributed by atoms with Crippen molar-refractivity contribution in [3.63, 3.8) is 0 Å². The van der Waals surface area contributed by atoms with Gasteiger partial charge in [0.1, 0.15) is 60.3 Å². The van der Waals surface area contributed by atoms with Crippen LogP contribution in [0.3, 0.4) is 0 Å². The lowest BCUT2D eigenvalue weighted by Crippen LogP contribution is -2.44. The van der Waals surface area contributed by atoms with Crippen molar-refractivity contribution in [3.05, 3.63) is 57.6 Å². The molecule has 8 rings (SSSR count). The van der Waals surface area contributed by atoms with Crippen LogP contribution in [-0.2, 0) is 80.9 Å². The molecule has 2 aromatic rings. The number of nitrogens with zero attached hydrogens (tertiary/aromatic N) is 2. The third-order valence-corrected chi connectivity index (χ3v) is 12.7. The molecular weight excluding hydrogens is 853 g/mol. The predicted molar refractivity (Wildman–Crippen MR) is 243 cm³/mol. The molecule has 6 saturated heterocycles. The van der Waals surface area contributed by atoms with E-state index in [9.17, 15) is 10.2 Å². The second-order valence-corrected chi connectivity index (χ2v) is 22.1. The molecule has 0 radical (unpaired) electrons. The van der Waals surface area contributed by atoms with E-state index in [-0.39, 0.29) is 47.8 Å². The molecule has 16 nitrogen and oxygen atoms in total. The van der Waals surface area contributed by atoms with Gasteiger partial charge in [-0.05, 0) is 102 Å². The first-order valence-corrected chi connectivity index (χ1v) is 23.3. The smallest absolute Gasteiger partial charge is 0.190 e. The van der Waals surface area contributed by atoms with Gasteiger partial charge in [0.25, 0.3) is 0 Å². The highest BCUT2D eigenvalue weighted by Crippen LogP contribution is 2.45. The predicted octanol–water partition coefficient (Wildman–Crippen LogP) is 7.06. The molecule has 0 spiro atoms. The maximum absolute atomic E-state index is 11.6. The molecule has 6 aliphatic heterocycles. The first-order chi connectivity index (χ1) is 30.7. The van der Waals surface area contributed by atoms with Gasteiger partial charge in [-0.1, -0.05) is 41.5 Å². The van der Waals surface area contributed by atoms with E-state index in [2.05, 4.69) is 51.5 Å². The summed E-state index contributed by atoms with van der Waals surface area (Å²) in [5.41, 5.74) is 3.88. The van der Waals surface area contributed by atoms with E-state index in [1.54, 1.807) is 12.4 Å². The van der Waals surface area contributed by atoms with Gasteiger partial charge < -0.3 is 67.1 Å². The molecular formula is C50H72N2O14. The van der Waals surface area contributed by atoms with Crippen LogP contribution >= 0.6 is 0 Å². The highest BCUT2D eigenvalue weighted by Gasteiger charge is 2.60. The van der Waals surface area contributed by atoms with Gasteiger partial charge in [-0.15, -0.1) is 0 Å². The number of hydrogen-bond acceptors (Lipinski definition) is 16. The minimum atomic E-state index is -0.844. The summed E-state index contributed by atoms with van der Waals surface area (Å²) in [6.45, 7) is 29.1. The number of rotatable bonds is 13. The fourth-order valence-electron chi connectivity index (χ4n) is 9.28. The van der Waals surface area contributed by atoms with Gasteiger partial charge in [0.15, 0.2) is 35.7 Å². The molecule has 6 heterocycles. The monoisotopic (exact) mass is 924 g/mol. The van der Waals surface area contributed by atoms with Crippen molar-refractivity contribution < 1.29 is 67.1 Å². The zero-order valence-electron chi connectivity index (χ0n) is 41.2. The van der Waals surface area contributed by atoms with Gasteiger partial charge in [0.2, 0.25) is 0 Å². The highest BCUT2D eigenvalue weighted by atomic mass is 16.9. The Labute approximate surface area is 389 Å². The topological polar surface area (TPSA) is 176 Å². The molecule has 6 aliphatic rings. The maximum atomic E-state index is 11.6. The summed E-state index contributed by atoms with van der Waals surface area (Å²) in [5.74, 6) is -3.06. The van der Waals surface area contributed by atoms with E-state index in [0.29, 0.717) is 48.6 Å².